The summed E-state index contributed by atoms with van der Waals surface area (Å²) >= 11 is 9.48. The molecule has 0 aliphatic heterocycles. The first-order chi connectivity index (χ1) is 19.6. The molecule has 0 bridgehead atoms. The Morgan fingerprint density at radius 2 is 1.22 bits per heavy atom. The largest absolute Gasteiger partial charge is 0.337 e. The summed E-state index contributed by atoms with van der Waals surface area (Å²) in [6.45, 7) is 6.00. The first-order valence-electron chi connectivity index (χ1n) is 12.3. The lowest BCUT2D eigenvalue weighted by atomic mass is 10.1. The number of hydrogen-bond acceptors (Lipinski definition) is 8. The Morgan fingerprint density at radius 3 is 1.63 bits per heavy atom. The maximum absolute atomic E-state index is 11.1. The fourth-order valence-electron chi connectivity index (χ4n) is 3.80. The predicted molar refractivity (Wildman–Crippen MR) is 177 cm³/mol. The molecule has 0 amide bonds. The van der Waals surface area contributed by atoms with Crippen molar-refractivity contribution < 1.29 is 8.42 Å². The topological polar surface area (TPSA) is 75.7 Å². The van der Waals surface area contributed by atoms with Crippen molar-refractivity contribution in [1.29, 1.82) is 0 Å². The number of halogens is 1. The van der Waals surface area contributed by atoms with Gasteiger partial charge in [-0.2, -0.15) is 0 Å². The highest BCUT2D eigenvalue weighted by Crippen LogP contribution is 2.31. The number of benzene rings is 3. The summed E-state index contributed by atoms with van der Waals surface area (Å²) in [5.74, 6) is 0. The maximum atomic E-state index is 11.1. The van der Waals surface area contributed by atoms with Crippen LogP contribution in [-0.2, 0) is 9.05 Å². The molecule has 5 nitrogen and oxygen atoms in total. The lowest BCUT2D eigenvalue weighted by Crippen LogP contribution is -1.88. The van der Waals surface area contributed by atoms with E-state index in [4.69, 9.17) is 22.9 Å². The number of H-pyrrole nitrogens is 1. The molecule has 0 spiro atoms. The zero-order chi connectivity index (χ0) is 29.4. The van der Waals surface area contributed by atoms with Crippen molar-refractivity contribution in [2.24, 2.45) is 0 Å². The Hall–Kier alpha value is -2.99. The second-order valence-corrected chi connectivity index (χ2v) is 15.5. The molecule has 0 atom stereocenters. The second-order valence-electron chi connectivity index (χ2n) is 8.62. The molecule has 0 saturated carbocycles. The van der Waals surface area contributed by atoms with Gasteiger partial charge >= 0.3 is 0 Å². The lowest BCUT2D eigenvalue weighted by Gasteiger charge is -1.97. The van der Waals surface area contributed by atoms with Gasteiger partial charge in [0.05, 0.1) is 22.6 Å². The molecule has 0 saturated heterocycles. The minimum Gasteiger partial charge on any atom is -0.337 e. The van der Waals surface area contributed by atoms with Gasteiger partial charge in [0.1, 0.15) is 0 Å². The van der Waals surface area contributed by atoms with Crippen LogP contribution < -0.4 is 0 Å². The minimum absolute atomic E-state index is 0.0504. The van der Waals surface area contributed by atoms with E-state index in [0.29, 0.717) is 5.69 Å². The molecule has 3 aromatic carbocycles. The summed E-state index contributed by atoms with van der Waals surface area (Å²) in [4.78, 5) is 14.9. The number of rotatable bonds is 4. The molecular weight excluding hydrogens is 630 g/mol. The monoisotopic (exact) mass is 655 g/mol. The summed E-state index contributed by atoms with van der Waals surface area (Å²) < 4.78 is 23.1. The lowest BCUT2D eigenvalue weighted by molar-refractivity contribution is 0.609. The third-order valence-electron chi connectivity index (χ3n) is 5.71. The third-order valence-corrected chi connectivity index (χ3v) is 10.5. The van der Waals surface area contributed by atoms with Gasteiger partial charge in [-0.3, -0.25) is 0 Å². The van der Waals surface area contributed by atoms with Crippen LogP contribution >= 0.6 is 56.9 Å². The molecule has 210 valence electrons. The fourth-order valence-corrected chi connectivity index (χ4v) is 7.60. The van der Waals surface area contributed by atoms with Crippen LogP contribution in [0.1, 0.15) is 14.6 Å². The normalized spacial score (nSPS) is 10.7. The molecule has 0 fully saturated rings. The van der Waals surface area contributed by atoms with Gasteiger partial charge in [-0.15, -0.1) is 34.0 Å². The van der Waals surface area contributed by atoms with Gasteiger partial charge in [0.15, 0.2) is 3.95 Å². The van der Waals surface area contributed by atoms with Gasteiger partial charge in [0.25, 0.3) is 9.05 Å². The molecule has 11 heteroatoms. The van der Waals surface area contributed by atoms with Crippen LogP contribution in [0.3, 0.4) is 0 Å². The zero-order valence-electron chi connectivity index (χ0n) is 22.4. The van der Waals surface area contributed by atoms with Crippen LogP contribution in [0.2, 0.25) is 0 Å². The third kappa shape index (κ3) is 8.51. The molecule has 6 aromatic rings. The van der Waals surface area contributed by atoms with E-state index in [1.165, 1.54) is 20.9 Å². The number of nitrogens with one attached hydrogen (secondary N) is 1. The van der Waals surface area contributed by atoms with Gasteiger partial charge in [-0.25, -0.2) is 18.4 Å². The van der Waals surface area contributed by atoms with E-state index in [1.807, 2.05) is 79.2 Å². The van der Waals surface area contributed by atoms with Gasteiger partial charge in [0.2, 0.25) is 4.34 Å². The van der Waals surface area contributed by atoms with Crippen molar-refractivity contribution in [1.82, 2.24) is 15.0 Å². The number of aryl methyl sites for hydroxylation is 3. The molecule has 0 radical (unpaired) electrons. The van der Waals surface area contributed by atoms with Crippen molar-refractivity contribution >= 4 is 66.0 Å². The Kier molecular flexibility index (Phi) is 10.8. The molecular formula is C30H26ClN3O2S5. The van der Waals surface area contributed by atoms with E-state index in [9.17, 15) is 8.42 Å². The number of aromatic nitrogens is 3. The molecule has 41 heavy (non-hydrogen) atoms. The predicted octanol–water partition coefficient (Wildman–Crippen LogP) is 9.95. The first kappa shape index (κ1) is 31.0. The van der Waals surface area contributed by atoms with Crippen LogP contribution in [0, 0.1) is 24.7 Å². The standard InChI is InChI=1S/C10H8ClNO2S2.C10H9NS2.C10H9NS/c1-7-9(8-5-3-2-4-6-8)12-10(15-7)16(11,13)14;1-7-9(11-10(12)13-7)8-5-3-2-4-6-8;1-8-10(11-7-12-8)9-5-3-2-4-6-9/h2-6H,1H3;2-6H,1H3,(H,11,12);2-7H,1H3. The van der Waals surface area contributed by atoms with Crippen molar-refractivity contribution in [3.8, 4) is 33.8 Å². The van der Waals surface area contributed by atoms with Crippen molar-refractivity contribution in [2.45, 2.75) is 25.1 Å². The summed E-state index contributed by atoms with van der Waals surface area (Å²) in [5.41, 5.74) is 8.12. The highest BCUT2D eigenvalue weighted by atomic mass is 35.7. The van der Waals surface area contributed by atoms with E-state index in [1.54, 1.807) is 22.7 Å². The molecule has 6 rings (SSSR count). The van der Waals surface area contributed by atoms with E-state index in [-0.39, 0.29) is 4.34 Å². The van der Waals surface area contributed by atoms with E-state index in [0.717, 1.165) is 37.1 Å². The first-order valence-corrected chi connectivity index (χ1v) is 17.5. The van der Waals surface area contributed by atoms with Crippen LogP contribution in [0.25, 0.3) is 33.8 Å². The Labute approximate surface area is 261 Å². The fraction of sp³-hybridized carbons (Fsp3) is 0.100. The SMILES string of the molecule is Cc1sc(=S)[nH]c1-c1ccccc1.Cc1sc(S(=O)(=O)Cl)nc1-c1ccccc1.Cc1scnc1-c1ccccc1. The molecule has 0 aliphatic carbocycles. The van der Waals surface area contributed by atoms with E-state index < -0.39 is 9.05 Å². The number of thiazole rings is 3. The van der Waals surface area contributed by atoms with E-state index in [2.05, 4.69) is 53.1 Å². The van der Waals surface area contributed by atoms with Crippen LogP contribution in [-0.4, -0.2) is 23.4 Å². The van der Waals surface area contributed by atoms with Gasteiger partial charge in [-0.1, -0.05) is 91.0 Å². The molecule has 3 aromatic heterocycles. The Bertz CT molecular complexity index is 1860. The van der Waals surface area contributed by atoms with Crippen molar-refractivity contribution in [3.63, 3.8) is 0 Å². The maximum Gasteiger partial charge on any atom is 0.288 e. The summed E-state index contributed by atoms with van der Waals surface area (Å²) in [5, 5.41) is 0. The van der Waals surface area contributed by atoms with Crippen LogP contribution in [0.15, 0.2) is 101 Å². The van der Waals surface area contributed by atoms with Gasteiger partial charge < -0.3 is 4.98 Å². The summed E-state index contributed by atoms with van der Waals surface area (Å²) in [6.07, 6.45) is 0. The number of aromatic amines is 1. The molecule has 0 unspecified atom stereocenters. The molecule has 0 aliphatic rings. The average molecular weight is 656 g/mol. The Balaban J connectivity index is 0.000000143. The van der Waals surface area contributed by atoms with Crippen molar-refractivity contribution in [3.05, 3.63) is 115 Å². The van der Waals surface area contributed by atoms with Crippen molar-refractivity contribution in [2.75, 3.05) is 0 Å². The van der Waals surface area contributed by atoms with Crippen LogP contribution in [0.4, 0.5) is 0 Å². The van der Waals surface area contributed by atoms with Crippen LogP contribution in [0.5, 0.6) is 0 Å². The van der Waals surface area contributed by atoms with Gasteiger partial charge in [0, 0.05) is 36.4 Å². The Morgan fingerprint density at radius 1 is 0.707 bits per heavy atom. The molecule has 1 N–H and O–H groups in total. The highest BCUT2D eigenvalue weighted by molar-refractivity contribution is 8.14. The smallest absolute Gasteiger partial charge is 0.288 e. The average Bonchev–Trinajstić information content (AvgIpc) is 3.68. The second kappa shape index (κ2) is 14.3. The minimum atomic E-state index is -3.73. The quantitative estimate of drug-likeness (QED) is 0.151. The van der Waals surface area contributed by atoms with Gasteiger partial charge in [-0.05, 0) is 38.6 Å². The van der Waals surface area contributed by atoms with E-state index >= 15 is 0 Å². The summed E-state index contributed by atoms with van der Waals surface area (Å²) in [7, 11) is 1.52. The number of hydrogen-bond donors (Lipinski definition) is 1. The number of nitrogens with zero attached hydrogens (tertiary/aromatic N) is 2. The summed E-state index contributed by atoms with van der Waals surface area (Å²) in [6, 6.07) is 29.9. The molecule has 3 heterocycles. The highest BCUT2D eigenvalue weighted by Gasteiger charge is 2.18. The zero-order valence-corrected chi connectivity index (χ0v) is 27.2.